The van der Waals surface area contributed by atoms with Gasteiger partial charge in [-0.05, 0) is 25.3 Å². The summed E-state index contributed by atoms with van der Waals surface area (Å²) in [6.07, 6.45) is 1.40. The predicted molar refractivity (Wildman–Crippen MR) is 70.6 cm³/mol. The number of ketones is 1. The van der Waals surface area contributed by atoms with E-state index in [0.717, 1.165) is 6.42 Å². The molecule has 98 valence electrons. The molecule has 1 unspecified atom stereocenters. The van der Waals surface area contributed by atoms with E-state index >= 15 is 0 Å². The van der Waals surface area contributed by atoms with Gasteiger partial charge in [-0.1, -0.05) is 38.1 Å². The number of esters is 1. The van der Waals surface area contributed by atoms with Crippen LogP contribution in [0, 0.1) is 5.92 Å². The monoisotopic (exact) mass is 248 g/mol. The minimum atomic E-state index is -0.683. The number of rotatable bonds is 6. The number of hydrogen-bond acceptors (Lipinski definition) is 3. The standard InChI is InChI=1S/C15H20O3/c1-4-11-7-9-12(10-8-11)14(16)13(5-2)15(17)18-6-3/h7-10,13H,4-6H2,1-3H3. The number of aryl methyl sites for hydroxylation is 1. The first kappa shape index (κ1) is 14.4. The van der Waals surface area contributed by atoms with E-state index in [4.69, 9.17) is 4.74 Å². The maximum Gasteiger partial charge on any atom is 0.316 e. The third-order valence-electron chi connectivity index (χ3n) is 2.94. The molecular weight excluding hydrogens is 228 g/mol. The quantitative estimate of drug-likeness (QED) is 0.441. The Balaban J connectivity index is 2.85. The minimum Gasteiger partial charge on any atom is -0.465 e. The molecule has 0 aliphatic carbocycles. The zero-order valence-electron chi connectivity index (χ0n) is 11.2. The van der Waals surface area contributed by atoms with Crippen molar-refractivity contribution in [3.8, 4) is 0 Å². The summed E-state index contributed by atoms with van der Waals surface area (Å²) >= 11 is 0. The van der Waals surface area contributed by atoms with Gasteiger partial charge in [0.25, 0.3) is 0 Å². The van der Waals surface area contributed by atoms with E-state index in [1.807, 2.05) is 19.1 Å². The van der Waals surface area contributed by atoms with Crippen LogP contribution in [-0.2, 0) is 16.0 Å². The highest BCUT2D eigenvalue weighted by molar-refractivity contribution is 6.08. The molecule has 0 radical (unpaired) electrons. The lowest BCUT2D eigenvalue weighted by molar-refractivity contribution is -0.146. The van der Waals surface area contributed by atoms with Crippen LogP contribution >= 0.6 is 0 Å². The average Bonchev–Trinajstić information content (AvgIpc) is 2.40. The molecule has 3 heteroatoms. The topological polar surface area (TPSA) is 43.4 Å². The maximum atomic E-state index is 12.2. The molecule has 0 aliphatic rings. The second-order valence-electron chi connectivity index (χ2n) is 4.13. The van der Waals surface area contributed by atoms with Crippen LogP contribution in [0.1, 0.15) is 43.1 Å². The predicted octanol–water partition coefficient (Wildman–Crippen LogP) is 3.02. The van der Waals surface area contributed by atoms with Gasteiger partial charge < -0.3 is 4.74 Å². The lowest BCUT2D eigenvalue weighted by Crippen LogP contribution is -2.25. The molecule has 0 fully saturated rings. The molecule has 1 rings (SSSR count). The Bertz CT molecular complexity index is 406. The van der Waals surface area contributed by atoms with Crippen LogP contribution in [-0.4, -0.2) is 18.4 Å². The van der Waals surface area contributed by atoms with Crippen molar-refractivity contribution >= 4 is 11.8 Å². The Kier molecular flexibility index (Phi) is 5.56. The molecule has 1 atom stereocenters. The molecule has 0 spiro atoms. The van der Waals surface area contributed by atoms with E-state index in [-0.39, 0.29) is 5.78 Å². The third kappa shape index (κ3) is 3.42. The number of ether oxygens (including phenoxy) is 1. The summed E-state index contributed by atoms with van der Waals surface area (Å²) in [6, 6.07) is 7.41. The largest absolute Gasteiger partial charge is 0.465 e. The first-order valence-corrected chi connectivity index (χ1v) is 6.43. The highest BCUT2D eigenvalue weighted by atomic mass is 16.5. The van der Waals surface area contributed by atoms with Crippen LogP contribution < -0.4 is 0 Å². The molecule has 3 nitrogen and oxygen atoms in total. The summed E-state index contributed by atoms with van der Waals surface area (Å²) in [5.41, 5.74) is 1.75. The average molecular weight is 248 g/mol. The highest BCUT2D eigenvalue weighted by Gasteiger charge is 2.26. The van der Waals surface area contributed by atoms with E-state index < -0.39 is 11.9 Å². The fourth-order valence-electron chi connectivity index (χ4n) is 1.81. The fourth-order valence-corrected chi connectivity index (χ4v) is 1.81. The van der Waals surface area contributed by atoms with Crippen LogP contribution in [0.15, 0.2) is 24.3 Å². The summed E-state index contributed by atoms with van der Waals surface area (Å²) in [5, 5.41) is 0. The van der Waals surface area contributed by atoms with E-state index in [1.54, 1.807) is 19.1 Å². The molecule has 18 heavy (non-hydrogen) atoms. The summed E-state index contributed by atoms with van der Waals surface area (Å²) in [4.78, 5) is 23.9. The van der Waals surface area contributed by atoms with Crippen molar-refractivity contribution in [1.29, 1.82) is 0 Å². The van der Waals surface area contributed by atoms with Crippen molar-refractivity contribution in [2.75, 3.05) is 6.61 Å². The van der Waals surface area contributed by atoms with Crippen LogP contribution in [0.3, 0.4) is 0 Å². The molecule has 0 aromatic heterocycles. The Labute approximate surface area is 108 Å². The molecule has 0 bridgehead atoms. The SMILES string of the molecule is CCOC(=O)C(CC)C(=O)c1ccc(CC)cc1. The molecule has 0 aliphatic heterocycles. The first-order chi connectivity index (χ1) is 8.63. The summed E-state index contributed by atoms with van der Waals surface area (Å²) < 4.78 is 4.92. The Morgan fingerprint density at radius 1 is 1.11 bits per heavy atom. The van der Waals surface area contributed by atoms with Crippen molar-refractivity contribution < 1.29 is 14.3 Å². The Morgan fingerprint density at radius 3 is 2.17 bits per heavy atom. The fraction of sp³-hybridized carbons (Fsp3) is 0.467. The van der Waals surface area contributed by atoms with Gasteiger partial charge in [0, 0.05) is 5.56 Å². The number of benzene rings is 1. The Morgan fingerprint density at radius 2 is 1.72 bits per heavy atom. The number of carbonyl (C=O) groups excluding carboxylic acids is 2. The van der Waals surface area contributed by atoms with Crippen molar-refractivity contribution in [3.63, 3.8) is 0 Å². The van der Waals surface area contributed by atoms with Crippen LogP contribution in [0.4, 0.5) is 0 Å². The van der Waals surface area contributed by atoms with Crippen LogP contribution in [0.25, 0.3) is 0 Å². The summed E-state index contributed by atoms with van der Waals surface area (Å²) in [5.74, 6) is -1.26. The lowest BCUT2D eigenvalue weighted by atomic mass is 9.94. The van der Waals surface area contributed by atoms with Gasteiger partial charge in [-0.3, -0.25) is 9.59 Å². The van der Waals surface area contributed by atoms with Gasteiger partial charge in [0.05, 0.1) is 6.61 Å². The first-order valence-electron chi connectivity index (χ1n) is 6.43. The second kappa shape index (κ2) is 6.94. The van der Waals surface area contributed by atoms with Crippen LogP contribution in [0.2, 0.25) is 0 Å². The molecule has 0 saturated heterocycles. The van der Waals surface area contributed by atoms with Crippen molar-refractivity contribution in [1.82, 2.24) is 0 Å². The van der Waals surface area contributed by atoms with E-state index in [2.05, 4.69) is 6.92 Å². The van der Waals surface area contributed by atoms with Gasteiger partial charge in [0.2, 0.25) is 0 Å². The van der Waals surface area contributed by atoms with Crippen molar-refractivity contribution in [3.05, 3.63) is 35.4 Å². The zero-order chi connectivity index (χ0) is 13.5. The van der Waals surface area contributed by atoms with Gasteiger partial charge in [-0.2, -0.15) is 0 Å². The Hall–Kier alpha value is -1.64. The number of carbonyl (C=O) groups is 2. The maximum absolute atomic E-state index is 12.2. The molecule has 0 saturated carbocycles. The van der Waals surface area contributed by atoms with Gasteiger partial charge in [-0.15, -0.1) is 0 Å². The molecule has 0 amide bonds. The van der Waals surface area contributed by atoms with Gasteiger partial charge in [-0.25, -0.2) is 0 Å². The van der Waals surface area contributed by atoms with Gasteiger partial charge in [0.1, 0.15) is 5.92 Å². The molecule has 0 heterocycles. The van der Waals surface area contributed by atoms with Gasteiger partial charge in [0.15, 0.2) is 5.78 Å². The van der Waals surface area contributed by atoms with Crippen molar-refractivity contribution in [2.45, 2.75) is 33.6 Å². The summed E-state index contributed by atoms with van der Waals surface area (Å²) in [7, 11) is 0. The molecule has 1 aromatic rings. The number of Topliss-reactive ketones (excluding diaryl/α,β-unsaturated/α-hetero) is 1. The minimum absolute atomic E-state index is 0.154. The second-order valence-corrected chi connectivity index (χ2v) is 4.13. The molecular formula is C15H20O3. The highest BCUT2D eigenvalue weighted by Crippen LogP contribution is 2.15. The lowest BCUT2D eigenvalue weighted by Gasteiger charge is -2.12. The van der Waals surface area contributed by atoms with Crippen LogP contribution in [0.5, 0.6) is 0 Å². The van der Waals surface area contributed by atoms with Crippen molar-refractivity contribution in [2.24, 2.45) is 5.92 Å². The zero-order valence-corrected chi connectivity index (χ0v) is 11.2. The van der Waals surface area contributed by atoms with E-state index in [0.29, 0.717) is 18.6 Å². The van der Waals surface area contributed by atoms with Gasteiger partial charge >= 0.3 is 5.97 Å². The smallest absolute Gasteiger partial charge is 0.316 e. The van der Waals surface area contributed by atoms with E-state index in [1.165, 1.54) is 5.56 Å². The third-order valence-corrected chi connectivity index (χ3v) is 2.94. The normalized spacial score (nSPS) is 11.9. The summed E-state index contributed by atoms with van der Waals surface area (Å²) in [6.45, 7) is 5.92. The molecule has 0 N–H and O–H groups in total. The molecule has 1 aromatic carbocycles. The number of hydrogen-bond donors (Lipinski definition) is 0. The van der Waals surface area contributed by atoms with E-state index in [9.17, 15) is 9.59 Å².